The molecule has 0 spiro atoms. The molecule has 14 heavy (non-hydrogen) atoms. The van der Waals surface area contributed by atoms with Crippen LogP contribution in [-0.4, -0.2) is 19.7 Å². The lowest BCUT2D eigenvalue weighted by molar-refractivity contribution is 0.490. The first-order chi connectivity index (χ1) is 6.24. The van der Waals surface area contributed by atoms with Crippen molar-refractivity contribution in [3.05, 3.63) is 0 Å². The highest BCUT2D eigenvalue weighted by Crippen LogP contribution is 2.10. The molecule has 1 unspecified atom stereocenters. The molecule has 0 bridgehead atoms. The van der Waals surface area contributed by atoms with Crippen LogP contribution in [0.25, 0.3) is 0 Å². The van der Waals surface area contributed by atoms with Crippen LogP contribution in [0.2, 0.25) is 0 Å². The van der Waals surface area contributed by atoms with Gasteiger partial charge in [-0.25, -0.2) is 8.42 Å². The molecule has 0 radical (unpaired) electrons. The van der Waals surface area contributed by atoms with Gasteiger partial charge in [0, 0.05) is 0 Å². The molecule has 1 N–H and O–H groups in total. The van der Waals surface area contributed by atoms with Crippen LogP contribution in [0.3, 0.4) is 0 Å². The molecule has 0 heterocycles. The summed E-state index contributed by atoms with van der Waals surface area (Å²) in [6.45, 7) is 7.02. The molecule has 1 atom stereocenters. The molecule has 0 fully saturated rings. The normalized spacial score (nSPS) is 16.3. The lowest BCUT2D eigenvalue weighted by Gasteiger charge is -2.21. The highest BCUT2D eigenvalue weighted by Gasteiger charge is 2.27. The number of hydrogen-bond acceptors (Lipinski definition) is 3. The zero-order valence-corrected chi connectivity index (χ0v) is 9.98. The van der Waals surface area contributed by atoms with Crippen LogP contribution in [0.1, 0.15) is 34.1 Å². The van der Waals surface area contributed by atoms with Gasteiger partial charge in [0.2, 0.25) is 10.0 Å². The first kappa shape index (κ1) is 13.4. The van der Waals surface area contributed by atoms with E-state index in [0.717, 1.165) is 0 Å². The highest BCUT2D eigenvalue weighted by atomic mass is 32.2. The fraction of sp³-hybridized carbons (Fsp3) is 0.889. The summed E-state index contributed by atoms with van der Waals surface area (Å²) in [7, 11) is -3.34. The van der Waals surface area contributed by atoms with Crippen LogP contribution >= 0.6 is 0 Å². The van der Waals surface area contributed by atoms with Crippen LogP contribution in [0, 0.1) is 17.2 Å². The molecule has 82 valence electrons. The van der Waals surface area contributed by atoms with Gasteiger partial charge in [-0.3, -0.25) is 0 Å². The Morgan fingerprint density at radius 2 is 2.00 bits per heavy atom. The Bertz CT molecular complexity index is 316. The molecule has 5 heteroatoms. The van der Waals surface area contributed by atoms with E-state index in [9.17, 15) is 8.42 Å². The Labute approximate surface area is 86.4 Å². The second-order valence-electron chi connectivity index (χ2n) is 4.07. The second-order valence-corrected chi connectivity index (χ2v) is 5.84. The van der Waals surface area contributed by atoms with Crippen molar-refractivity contribution < 1.29 is 8.42 Å². The van der Waals surface area contributed by atoms with E-state index in [2.05, 4.69) is 4.72 Å². The molecule has 0 aliphatic heterocycles. The number of sulfonamides is 1. The monoisotopic (exact) mass is 218 g/mol. The number of nitrogens with zero attached hydrogens (tertiary/aromatic N) is 1. The summed E-state index contributed by atoms with van der Waals surface area (Å²) < 4.78 is 25.4. The zero-order valence-electron chi connectivity index (χ0n) is 9.16. The van der Waals surface area contributed by atoms with Crippen molar-refractivity contribution in [2.24, 2.45) is 5.92 Å². The third-order valence-electron chi connectivity index (χ3n) is 1.89. The van der Waals surface area contributed by atoms with Gasteiger partial charge in [0.1, 0.15) is 5.54 Å². The summed E-state index contributed by atoms with van der Waals surface area (Å²) in [6.07, 6.45) is 0.459. The van der Waals surface area contributed by atoms with Gasteiger partial charge in [0.05, 0.1) is 11.8 Å². The lowest BCUT2D eigenvalue weighted by atomic mass is 10.0. The summed E-state index contributed by atoms with van der Waals surface area (Å²) in [5.74, 6) is 0.122. The Kier molecular flexibility index (Phi) is 4.56. The number of nitrogens with one attached hydrogen (secondary N) is 1. The molecule has 0 rings (SSSR count). The molecule has 0 aromatic carbocycles. The van der Waals surface area contributed by atoms with Crippen LogP contribution < -0.4 is 4.72 Å². The largest absolute Gasteiger partial charge is 0.213 e. The maximum absolute atomic E-state index is 11.5. The smallest absolute Gasteiger partial charge is 0.212 e. The zero-order chi connectivity index (χ0) is 11.4. The minimum absolute atomic E-state index is 0.0598. The van der Waals surface area contributed by atoms with Gasteiger partial charge >= 0.3 is 0 Å². The fourth-order valence-electron chi connectivity index (χ4n) is 0.998. The quantitative estimate of drug-likeness (QED) is 0.755. The van der Waals surface area contributed by atoms with Crippen molar-refractivity contribution in [2.45, 2.75) is 39.7 Å². The van der Waals surface area contributed by atoms with Gasteiger partial charge in [0.15, 0.2) is 0 Å². The molecule has 0 saturated heterocycles. The Morgan fingerprint density at radius 1 is 1.50 bits per heavy atom. The molecule has 0 aromatic rings. The Balaban J connectivity index is 4.60. The summed E-state index contributed by atoms with van der Waals surface area (Å²) in [5, 5.41) is 8.81. The van der Waals surface area contributed by atoms with E-state index in [4.69, 9.17) is 5.26 Å². The fourth-order valence-corrected chi connectivity index (χ4v) is 2.84. The van der Waals surface area contributed by atoms with Gasteiger partial charge in [-0.2, -0.15) is 9.98 Å². The maximum atomic E-state index is 11.5. The average molecular weight is 218 g/mol. The minimum atomic E-state index is -3.34. The molecule has 0 aromatic heterocycles. The summed E-state index contributed by atoms with van der Waals surface area (Å²) in [6, 6.07) is 1.97. The van der Waals surface area contributed by atoms with E-state index >= 15 is 0 Å². The van der Waals surface area contributed by atoms with Gasteiger partial charge in [-0.1, -0.05) is 20.8 Å². The topological polar surface area (TPSA) is 70.0 Å². The molecular formula is C9H18N2O2S. The summed E-state index contributed by atoms with van der Waals surface area (Å²) in [4.78, 5) is 0. The lowest BCUT2D eigenvalue weighted by Crippen LogP contribution is -2.45. The van der Waals surface area contributed by atoms with Crippen LogP contribution in [0.5, 0.6) is 0 Å². The van der Waals surface area contributed by atoms with E-state index in [1.807, 2.05) is 19.9 Å². The van der Waals surface area contributed by atoms with Gasteiger partial charge < -0.3 is 0 Å². The van der Waals surface area contributed by atoms with Crippen molar-refractivity contribution in [2.75, 3.05) is 5.75 Å². The molecular weight excluding hydrogens is 200 g/mol. The van der Waals surface area contributed by atoms with Crippen molar-refractivity contribution in [3.63, 3.8) is 0 Å². The Hall–Kier alpha value is -0.600. The molecule has 4 nitrogen and oxygen atoms in total. The van der Waals surface area contributed by atoms with Crippen LogP contribution in [0.4, 0.5) is 0 Å². The van der Waals surface area contributed by atoms with E-state index in [0.29, 0.717) is 6.42 Å². The Morgan fingerprint density at radius 3 is 2.29 bits per heavy atom. The first-order valence-corrected chi connectivity index (χ1v) is 6.33. The van der Waals surface area contributed by atoms with E-state index in [1.54, 1.807) is 13.8 Å². The second kappa shape index (κ2) is 4.76. The minimum Gasteiger partial charge on any atom is -0.212 e. The third-order valence-corrected chi connectivity index (χ3v) is 3.75. The van der Waals surface area contributed by atoms with E-state index in [1.165, 1.54) is 0 Å². The number of rotatable bonds is 5. The summed E-state index contributed by atoms with van der Waals surface area (Å²) in [5.41, 5.74) is -0.978. The average Bonchev–Trinajstić information content (AvgIpc) is 2.01. The van der Waals surface area contributed by atoms with Crippen molar-refractivity contribution >= 4 is 10.0 Å². The van der Waals surface area contributed by atoms with Crippen molar-refractivity contribution in [1.82, 2.24) is 4.72 Å². The SMILES string of the molecule is CCC(C)(C#N)NS(=O)(=O)CC(C)C. The predicted octanol–water partition coefficient (Wildman–Crippen LogP) is 1.25. The third kappa shape index (κ3) is 4.58. The van der Waals surface area contributed by atoms with Gasteiger partial charge in [0.25, 0.3) is 0 Å². The highest BCUT2D eigenvalue weighted by molar-refractivity contribution is 7.89. The van der Waals surface area contributed by atoms with Crippen LogP contribution in [0.15, 0.2) is 0 Å². The predicted molar refractivity (Wildman–Crippen MR) is 56.1 cm³/mol. The van der Waals surface area contributed by atoms with Gasteiger partial charge in [-0.05, 0) is 19.3 Å². The van der Waals surface area contributed by atoms with Crippen LogP contribution in [-0.2, 0) is 10.0 Å². The van der Waals surface area contributed by atoms with Gasteiger partial charge in [-0.15, -0.1) is 0 Å². The van der Waals surface area contributed by atoms with Crippen molar-refractivity contribution in [3.8, 4) is 6.07 Å². The summed E-state index contributed by atoms with van der Waals surface area (Å²) >= 11 is 0. The molecule has 0 aliphatic rings. The standard InChI is InChI=1S/C9H18N2O2S/c1-5-9(4,7-10)11-14(12,13)6-8(2)3/h8,11H,5-6H2,1-4H3. The van der Waals surface area contributed by atoms with E-state index in [-0.39, 0.29) is 11.7 Å². The van der Waals surface area contributed by atoms with Crippen molar-refractivity contribution in [1.29, 1.82) is 5.26 Å². The first-order valence-electron chi connectivity index (χ1n) is 4.67. The maximum Gasteiger partial charge on any atom is 0.213 e. The number of hydrogen-bond donors (Lipinski definition) is 1. The van der Waals surface area contributed by atoms with E-state index < -0.39 is 15.6 Å². The number of nitriles is 1. The molecule has 0 amide bonds. The molecule has 0 aliphatic carbocycles. The molecule has 0 saturated carbocycles.